The topological polar surface area (TPSA) is 41.5 Å². The Balaban J connectivity index is 2.26. The Morgan fingerprint density at radius 1 is 1.38 bits per heavy atom. The first-order chi connectivity index (χ1) is 7.54. The number of aliphatic hydroxyl groups is 1. The van der Waals surface area contributed by atoms with Crippen LogP contribution in [0.3, 0.4) is 0 Å². The minimum absolute atomic E-state index is 0.0261. The molecule has 0 unspecified atom stereocenters. The van der Waals surface area contributed by atoms with Crippen molar-refractivity contribution in [2.45, 2.75) is 12.0 Å². The number of ether oxygens (including phenoxy) is 1. The number of nitrogens with one attached hydrogen (secondary N) is 1. The van der Waals surface area contributed by atoms with Crippen molar-refractivity contribution < 1.29 is 18.6 Å². The third kappa shape index (κ3) is 2.01. The minimum atomic E-state index is -1.03. The van der Waals surface area contributed by atoms with Crippen molar-refractivity contribution in [2.24, 2.45) is 0 Å². The number of benzene rings is 1. The van der Waals surface area contributed by atoms with E-state index < -0.39 is 17.2 Å². The Morgan fingerprint density at radius 2 is 1.94 bits per heavy atom. The molecule has 0 spiro atoms. The zero-order valence-corrected chi connectivity index (χ0v) is 8.89. The van der Waals surface area contributed by atoms with E-state index in [9.17, 15) is 13.9 Å². The molecular formula is C11H13F2NO2. The molecule has 0 aromatic heterocycles. The second kappa shape index (κ2) is 3.99. The summed E-state index contributed by atoms with van der Waals surface area (Å²) in [6.07, 6.45) is -0.0261. The average molecular weight is 229 g/mol. The zero-order chi connectivity index (χ0) is 11.8. The van der Waals surface area contributed by atoms with E-state index in [1.54, 1.807) is 0 Å². The van der Waals surface area contributed by atoms with Gasteiger partial charge in [0, 0.05) is 37.2 Å². The van der Waals surface area contributed by atoms with Gasteiger partial charge in [-0.15, -0.1) is 0 Å². The maximum Gasteiger partial charge on any atom is 0.133 e. The van der Waals surface area contributed by atoms with Crippen LogP contribution in [0.4, 0.5) is 8.78 Å². The van der Waals surface area contributed by atoms with Crippen molar-refractivity contribution in [2.75, 3.05) is 20.2 Å². The summed E-state index contributed by atoms with van der Waals surface area (Å²) < 4.78 is 31.8. The van der Waals surface area contributed by atoms with Crippen LogP contribution in [0.2, 0.25) is 0 Å². The summed E-state index contributed by atoms with van der Waals surface area (Å²) in [5, 5.41) is 12.7. The van der Waals surface area contributed by atoms with E-state index in [2.05, 4.69) is 5.32 Å². The monoisotopic (exact) mass is 229 g/mol. The van der Waals surface area contributed by atoms with Gasteiger partial charge in [-0.25, -0.2) is 8.78 Å². The molecule has 1 aliphatic heterocycles. The van der Waals surface area contributed by atoms with Gasteiger partial charge < -0.3 is 15.2 Å². The Bertz CT molecular complexity index is 382. The summed E-state index contributed by atoms with van der Waals surface area (Å²) in [7, 11) is 1.34. The highest BCUT2D eigenvalue weighted by atomic mass is 19.1. The lowest BCUT2D eigenvalue weighted by molar-refractivity contribution is -0.0104. The van der Waals surface area contributed by atoms with Crippen LogP contribution in [-0.2, 0) is 6.42 Å². The normalized spacial score (nSPS) is 18.0. The molecule has 1 heterocycles. The van der Waals surface area contributed by atoms with Gasteiger partial charge in [-0.05, 0) is 0 Å². The molecule has 88 valence electrons. The van der Waals surface area contributed by atoms with E-state index in [0.29, 0.717) is 13.1 Å². The summed E-state index contributed by atoms with van der Waals surface area (Å²) in [6.45, 7) is 0.718. The van der Waals surface area contributed by atoms with Crippen LogP contribution in [-0.4, -0.2) is 30.9 Å². The second-order valence-electron chi connectivity index (χ2n) is 4.07. The molecule has 1 fully saturated rings. The van der Waals surface area contributed by atoms with Gasteiger partial charge in [-0.3, -0.25) is 0 Å². The maximum atomic E-state index is 13.5. The zero-order valence-electron chi connectivity index (χ0n) is 8.89. The van der Waals surface area contributed by atoms with E-state index >= 15 is 0 Å². The van der Waals surface area contributed by atoms with Crippen molar-refractivity contribution in [3.8, 4) is 5.75 Å². The first-order valence-electron chi connectivity index (χ1n) is 4.99. The van der Waals surface area contributed by atoms with Crippen molar-refractivity contribution in [3.05, 3.63) is 29.3 Å². The molecule has 0 amide bonds. The highest BCUT2D eigenvalue weighted by Gasteiger charge is 2.36. The standard InChI is InChI=1S/C11H13F2NO2/c1-16-7-2-9(12)8(10(13)3-7)4-11(15)5-14-6-11/h2-3,14-15H,4-6H2,1H3. The van der Waals surface area contributed by atoms with Crippen molar-refractivity contribution in [1.82, 2.24) is 5.32 Å². The van der Waals surface area contributed by atoms with Crippen molar-refractivity contribution in [1.29, 1.82) is 0 Å². The highest BCUT2D eigenvalue weighted by molar-refractivity contribution is 5.32. The lowest BCUT2D eigenvalue weighted by Gasteiger charge is -2.37. The fourth-order valence-electron chi connectivity index (χ4n) is 1.73. The van der Waals surface area contributed by atoms with Crippen LogP contribution in [0.1, 0.15) is 5.56 Å². The molecule has 2 N–H and O–H groups in total. The summed E-state index contributed by atoms with van der Waals surface area (Å²) in [4.78, 5) is 0. The van der Waals surface area contributed by atoms with Crippen LogP contribution < -0.4 is 10.1 Å². The SMILES string of the molecule is COc1cc(F)c(CC2(O)CNC2)c(F)c1. The maximum absolute atomic E-state index is 13.5. The molecule has 1 aromatic carbocycles. The van der Waals surface area contributed by atoms with E-state index in [1.165, 1.54) is 7.11 Å². The predicted molar refractivity (Wildman–Crippen MR) is 54.4 cm³/mol. The second-order valence-corrected chi connectivity index (χ2v) is 4.07. The molecule has 3 nitrogen and oxygen atoms in total. The first-order valence-corrected chi connectivity index (χ1v) is 4.99. The highest BCUT2D eigenvalue weighted by Crippen LogP contribution is 2.25. The fourth-order valence-corrected chi connectivity index (χ4v) is 1.73. The molecule has 1 saturated heterocycles. The van der Waals surface area contributed by atoms with Crippen LogP contribution in [0.5, 0.6) is 5.75 Å². The summed E-state index contributed by atoms with van der Waals surface area (Å²) in [5.41, 5.74) is -1.12. The van der Waals surface area contributed by atoms with Crippen molar-refractivity contribution in [3.63, 3.8) is 0 Å². The number of halogens is 2. The van der Waals surface area contributed by atoms with Gasteiger partial charge in [0.05, 0.1) is 12.7 Å². The summed E-state index contributed by atoms with van der Waals surface area (Å²) in [6, 6.07) is 2.24. The molecule has 1 aliphatic rings. The van der Waals surface area contributed by atoms with Crippen LogP contribution >= 0.6 is 0 Å². The third-order valence-electron chi connectivity index (χ3n) is 2.76. The Kier molecular flexibility index (Phi) is 2.82. The van der Waals surface area contributed by atoms with Gasteiger partial charge >= 0.3 is 0 Å². The molecule has 5 heteroatoms. The van der Waals surface area contributed by atoms with E-state index in [1.807, 2.05) is 0 Å². The largest absolute Gasteiger partial charge is 0.497 e. The number of methoxy groups -OCH3 is 1. The predicted octanol–water partition coefficient (Wildman–Crippen LogP) is 0.850. The van der Waals surface area contributed by atoms with Gasteiger partial charge in [-0.1, -0.05) is 0 Å². The van der Waals surface area contributed by atoms with Crippen LogP contribution in [0.25, 0.3) is 0 Å². The van der Waals surface area contributed by atoms with E-state index in [0.717, 1.165) is 12.1 Å². The number of hydrogen-bond acceptors (Lipinski definition) is 3. The smallest absolute Gasteiger partial charge is 0.133 e. The fraction of sp³-hybridized carbons (Fsp3) is 0.455. The molecule has 0 saturated carbocycles. The molecule has 0 bridgehead atoms. The van der Waals surface area contributed by atoms with Gasteiger partial charge in [0.1, 0.15) is 17.4 Å². The number of rotatable bonds is 3. The molecule has 0 aliphatic carbocycles. The molecular weight excluding hydrogens is 216 g/mol. The molecule has 1 aromatic rings. The first kappa shape index (κ1) is 11.3. The van der Waals surface area contributed by atoms with E-state index in [-0.39, 0.29) is 17.7 Å². The number of β-amino-alcohol motifs (C(OH)–C–C–N with tert-alkyl or cyclic N) is 1. The Hall–Kier alpha value is -1.20. The van der Waals surface area contributed by atoms with Crippen LogP contribution in [0, 0.1) is 11.6 Å². The number of hydrogen-bond donors (Lipinski definition) is 2. The van der Waals surface area contributed by atoms with Crippen LogP contribution in [0.15, 0.2) is 12.1 Å². The van der Waals surface area contributed by atoms with E-state index in [4.69, 9.17) is 4.74 Å². The van der Waals surface area contributed by atoms with Gasteiger partial charge in [-0.2, -0.15) is 0 Å². The summed E-state index contributed by atoms with van der Waals surface area (Å²) in [5.74, 6) is -1.23. The average Bonchev–Trinajstić information content (AvgIpc) is 2.20. The van der Waals surface area contributed by atoms with Gasteiger partial charge in [0.25, 0.3) is 0 Å². The molecule has 0 atom stereocenters. The molecule has 2 rings (SSSR count). The van der Waals surface area contributed by atoms with Crippen molar-refractivity contribution >= 4 is 0 Å². The van der Waals surface area contributed by atoms with Gasteiger partial charge in [0.2, 0.25) is 0 Å². The molecule has 0 radical (unpaired) electrons. The Morgan fingerprint density at radius 3 is 2.31 bits per heavy atom. The molecule has 16 heavy (non-hydrogen) atoms. The van der Waals surface area contributed by atoms with Gasteiger partial charge in [0.15, 0.2) is 0 Å². The summed E-state index contributed by atoms with van der Waals surface area (Å²) >= 11 is 0. The lowest BCUT2D eigenvalue weighted by atomic mass is 9.89. The Labute approximate surface area is 92.0 Å². The lowest BCUT2D eigenvalue weighted by Crippen LogP contribution is -2.60. The quantitative estimate of drug-likeness (QED) is 0.807. The minimum Gasteiger partial charge on any atom is -0.497 e. The third-order valence-corrected chi connectivity index (χ3v) is 2.76.